The van der Waals surface area contributed by atoms with Gasteiger partial charge in [-0.2, -0.15) is 22.5 Å². The maximum atomic E-state index is 13.3. The lowest BCUT2D eigenvalue weighted by Gasteiger charge is -2.10. The molecule has 21 heavy (non-hydrogen) atoms. The Morgan fingerprint density at radius 3 is 2.19 bits per heavy atom. The van der Waals surface area contributed by atoms with Crippen LogP contribution in [0.4, 0.5) is 23.2 Å². The van der Waals surface area contributed by atoms with E-state index < -0.39 is 29.2 Å². The minimum atomic E-state index is -1.68. The van der Waals surface area contributed by atoms with Crippen LogP contribution in [0.15, 0.2) is 30.3 Å². The summed E-state index contributed by atoms with van der Waals surface area (Å²) in [5.41, 5.74) is -0.861. The number of hydrogen-bond acceptors (Lipinski definition) is 3. The SMILES string of the molecule is Fc1nc(F)c(F)c(NCCCOc2ccccc2)c1F. The standard InChI is InChI=1S/C14H12F4N2O/c15-10-12(11(16)14(18)20-13(10)17)19-7-4-8-21-9-5-2-1-3-6-9/h1-3,5-6H,4,7-8H2,(H,19,20). The monoisotopic (exact) mass is 300 g/mol. The van der Waals surface area contributed by atoms with Crippen LogP contribution in [0.3, 0.4) is 0 Å². The van der Waals surface area contributed by atoms with Crippen molar-refractivity contribution in [3.05, 3.63) is 53.9 Å². The number of anilines is 1. The van der Waals surface area contributed by atoms with Gasteiger partial charge in [0, 0.05) is 6.54 Å². The van der Waals surface area contributed by atoms with E-state index in [0.29, 0.717) is 12.2 Å². The van der Waals surface area contributed by atoms with Crippen molar-refractivity contribution < 1.29 is 22.3 Å². The number of nitrogens with one attached hydrogen (secondary N) is 1. The van der Waals surface area contributed by atoms with Crippen LogP contribution < -0.4 is 10.1 Å². The summed E-state index contributed by atoms with van der Waals surface area (Å²) in [6.07, 6.45) is 0.388. The maximum absolute atomic E-state index is 13.3. The number of ether oxygens (including phenoxy) is 1. The van der Waals surface area contributed by atoms with Crippen molar-refractivity contribution in [3.8, 4) is 5.75 Å². The maximum Gasteiger partial charge on any atom is 0.253 e. The van der Waals surface area contributed by atoms with Gasteiger partial charge in [0.05, 0.1) is 6.61 Å². The minimum absolute atomic E-state index is 0.0869. The molecule has 1 N–H and O–H groups in total. The topological polar surface area (TPSA) is 34.2 Å². The van der Waals surface area contributed by atoms with Crippen LogP contribution in [0, 0.1) is 23.5 Å². The first kappa shape index (κ1) is 15.1. The molecule has 0 atom stereocenters. The third-order valence-corrected chi connectivity index (χ3v) is 2.63. The Kier molecular flexibility index (Phi) is 4.97. The molecule has 2 rings (SSSR count). The molecule has 0 radical (unpaired) electrons. The zero-order valence-electron chi connectivity index (χ0n) is 10.9. The Morgan fingerprint density at radius 2 is 1.57 bits per heavy atom. The smallest absolute Gasteiger partial charge is 0.253 e. The molecular weight excluding hydrogens is 288 g/mol. The van der Waals surface area contributed by atoms with E-state index in [4.69, 9.17) is 4.74 Å². The lowest BCUT2D eigenvalue weighted by molar-refractivity contribution is 0.314. The van der Waals surface area contributed by atoms with Gasteiger partial charge in [0.15, 0.2) is 0 Å². The highest BCUT2D eigenvalue weighted by Crippen LogP contribution is 2.21. The molecule has 1 aromatic heterocycles. The molecule has 1 heterocycles. The van der Waals surface area contributed by atoms with Crippen LogP contribution in [0.5, 0.6) is 5.75 Å². The van der Waals surface area contributed by atoms with Crippen LogP contribution in [0.25, 0.3) is 0 Å². The number of hydrogen-bond donors (Lipinski definition) is 1. The highest BCUT2D eigenvalue weighted by molar-refractivity contribution is 5.45. The predicted molar refractivity (Wildman–Crippen MR) is 69.1 cm³/mol. The van der Waals surface area contributed by atoms with Gasteiger partial charge in [0.1, 0.15) is 11.4 Å². The average Bonchev–Trinajstić information content (AvgIpc) is 2.49. The largest absolute Gasteiger partial charge is 0.494 e. The van der Waals surface area contributed by atoms with Crippen molar-refractivity contribution in [2.45, 2.75) is 6.42 Å². The van der Waals surface area contributed by atoms with Gasteiger partial charge in [-0.05, 0) is 18.6 Å². The summed E-state index contributed by atoms with van der Waals surface area (Å²) in [7, 11) is 0. The fourth-order valence-corrected chi connectivity index (χ4v) is 1.63. The van der Waals surface area contributed by atoms with Crippen molar-refractivity contribution in [2.24, 2.45) is 0 Å². The summed E-state index contributed by atoms with van der Waals surface area (Å²) in [6.45, 7) is 0.375. The summed E-state index contributed by atoms with van der Waals surface area (Å²) in [4.78, 5) is 2.47. The van der Waals surface area contributed by atoms with E-state index in [1.807, 2.05) is 6.07 Å². The lowest BCUT2D eigenvalue weighted by atomic mass is 10.3. The van der Waals surface area contributed by atoms with Gasteiger partial charge in [-0.25, -0.2) is 0 Å². The van der Waals surface area contributed by atoms with Gasteiger partial charge < -0.3 is 10.1 Å². The molecule has 0 fully saturated rings. The lowest BCUT2D eigenvalue weighted by Crippen LogP contribution is -2.12. The van der Waals surface area contributed by atoms with Gasteiger partial charge in [-0.3, -0.25) is 0 Å². The molecule has 0 spiro atoms. The van der Waals surface area contributed by atoms with Crippen LogP contribution >= 0.6 is 0 Å². The Hall–Kier alpha value is -2.31. The second-order valence-corrected chi connectivity index (χ2v) is 4.14. The van der Waals surface area contributed by atoms with E-state index in [2.05, 4.69) is 10.3 Å². The Labute approximate surface area is 118 Å². The van der Waals surface area contributed by atoms with E-state index in [9.17, 15) is 17.6 Å². The van der Waals surface area contributed by atoms with Crippen LogP contribution in [0.2, 0.25) is 0 Å². The number of rotatable bonds is 6. The van der Waals surface area contributed by atoms with Crippen LogP contribution in [-0.2, 0) is 0 Å². The zero-order chi connectivity index (χ0) is 15.2. The van der Waals surface area contributed by atoms with E-state index in [0.717, 1.165) is 0 Å². The van der Waals surface area contributed by atoms with Crippen molar-refractivity contribution in [3.63, 3.8) is 0 Å². The summed E-state index contributed by atoms with van der Waals surface area (Å²) in [6, 6.07) is 8.98. The molecule has 0 amide bonds. The first-order valence-electron chi connectivity index (χ1n) is 6.21. The second kappa shape index (κ2) is 6.92. The normalized spacial score (nSPS) is 10.5. The first-order valence-corrected chi connectivity index (χ1v) is 6.21. The molecule has 0 aliphatic carbocycles. The summed E-state index contributed by atoms with van der Waals surface area (Å²) in [5, 5.41) is 2.30. The van der Waals surface area contributed by atoms with Gasteiger partial charge in [0.2, 0.25) is 11.6 Å². The molecule has 0 saturated heterocycles. The highest BCUT2D eigenvalue weighted by Gasteiger charge is 2.20. The fraction of sp³-hybridized carbons (Fsp3) is 0.214. The van der Waals surface area contributed by atoms with Gasteiger partial charge in [-0.15, -0.1) is 0 Å². The second-order valence-electron chi connectivity index (χ2n) is 4.14. The molecular formula is C14H12F4N2O. The van der Waals surface area contributed by atoms with Gasteiger partial charge in [-0.1, -0.05) is 18.2 Å². The summed E-state index contributed by atoms with van der Waals surface area (Å²) in [5.74, 6) is -5.79. The number of para-hydroxylation sites is 1. The van der Waals surface area contributed by atoms with Crippen LogP contribution in [-0.4, -0.2) is 18.1 Å². The van der Waals surface area contributed by atoms with E-state index in [-0.39, 0.29) is 13.2 Å². The molecule has 1 aromatic carbocycles. The third kappa shape index (κ3) is 3.84. The molecule has 2 aromatic rings. The highest BCUT2D eigenvalue weighted by atomic mass is 19.2. The van der Waals surface area contributed by atoms with Crippen molar-refractivity contribution >= 4 is 5.69 Å². The molecule has 112 valence electrons. The van der Waals surface area contributed by atoms with Gasteiger partial charge >= 0.3 is 0 Å². The zero-order valence-corrected chi connectivity index (χ0v) is 10.9. The molecule has 0 aliphatic rings. The Balaban J connectivity index is 1.84. The number of pyridine rings is 1. The number of benzene rings is 1. The molecule has 0 saturated carbocycles. The van der Waals surface area contributed by atoms with E-state index in [1.165, 1.54) is 0 Å². The average molecular weight is 300 g/mol. The fourth-order valence-electron chi connectivity index (χ4n) is 1.63. The van der Waals surface area contributed by atoms with Crippen molar-refractivity contribution in [2.75, 3.05) is 18.5 Å². The molecule has 0 bridgehead atoms. The Bertz CT molecular complexity index is 581. The Morgan fingerprint density at radius 1 is 0.952 bits per heavy atom. The van der Waals surface area contributed by atoms with E-state index in [1.54, 1.807) is 24.3 Å². The molecule has 7 heteroatoms. The van der Waals surface area contributed by atoms with Crippen molar-refractivity contribution in [1.29, 1.82) is 0 Å². The number of aromatic nitrogens is 1. The van der Waals surface area contributed by atoms with E-state index >= 15 is 0 Å². The third-order valence-electron chi connectivity index (χ3n) is 2.63. The van der Waals surface area contributed by atoms with Crippen molar-refractivity contribution in [1.82, 2.24) is 4.98 Å². The predicted octanol–water partition coefficient (Wildman–Crippen LogP) is 3.52. The first-order chi connectivity index (χ1) is 10.1. The quantitative estimate of drug-likeness (QED) is 0.503. The molecule has 3 nitrogen and oxygen atoms in total. The number of nitrogens with zero attached hydrogens (tertiary/aromatic N) is 1. The minimum Gasteiger partial charge on any atom is -0.494 e. The summed E-state index contributed by atoms with van der Waals surface area (Å²) < 4.78 is 57.6. The van der Waals surface area contributed by atoms with Gasteiger partial charge in [0.25, 0.3) is 11.9 Å². The number of halogens is 4. The molecule has 0 aliphatic heterocycles. The van der Waals surface area contributed by atoms with Crippen LogP contribution in [0.1, 0.15) is 6.42 Å². The summed E-state index contributed by atoms with van der Waals surface area (Å²) >= 11 is 0. The molecule has 0 unspecified atom stereocenters.